The number of quaternary nitrogens is 1. The highest BCUT2D eigenvalue weighted by molar-refractivity contribution is 7.47. The Morgan fingerprint density at radius 3 is 1.22 bits per heavy atom. The first-order valence-electron chi connectivity index (χ1n) is 30.0. The molecular formula is C63H116N2O6P+. The molecule has 0 rings (SSSR count). The molecule has 0 aliphatic carbocycles. The number of nitrogens with zero attached hydrogens (tertiary/aromatic N) is 1. The van der Waals surface area contributed by atoms with Crippen molar-refractivity contribution in [2.75, 3.05) is 40.9 Å². The molecule has 0 aromatic carbocycles. The Bertz CT molecular complexity index is 1450. The zero-order valence-corrected chi connectivity index (χ0v) is 48.5. The Labute approximate surface area is 446 Å². The summed E-state index contributed by atoms with van der Waals surface area (Å²) in [5.41, 5.74) is 0. The van der Waals surface area contributed by atoms with Gasteiger partial charge in [0.1, 0.15) is 13.2 Å². The summed E-state index contributed by atoms with van der Waals surface area (Å²) in [6.45, 7) is 4.71. The van der Waals surface area contributed by atoms with Crippen LogP contribution in [0, 0.1) is 0 Å². The molecule has 0 heterocycles. The van der Waals surface area contributed by atoms with E-state index < -0.39 is 20.0 Å². The Kier molecular flexibility index (Phi) is 51.8. The highest BCUT2D eigenvalue weighted by Gasteiger charge is 2.27. The number of unbranched alkanes of at least 4 members (excludes halogenated alkanes) is 29. The van der Waals surface area contributed by atoms with Crippen molar-refractivity contribution in [1.82, 2.24) is 5.32 Å². The van der Waals surface area contributed by atoms with Crippen LogP contribution in [0.1, 0.15) is 258 Å². The van der Waals surface area contributed by atoms with E-state index in [1.54, 1.807) is 6.08 Å². The number of hydrogen-bond acceptors (Lipinski definition) is 5. The SMILES string of the molecule is CC/C=C\C/C=C\C/C=C\C/C=C\C/C=C\C/C=C\CCCCCCCCCCCCCCCCC(=O)NC(COP(=O)(O)OCC[N+](C)(C)C)C(O)/C=C/CCCCCCCCCCCCCCCCC. The highest BCUT2D eigenvalue weighted by Crippen LogP contribution is 2.43. The molecule has 3 N–H and O–H groups in total. The van der Waals surface area contributed by atoms with Gasteiger partial charge in [-0.3, -0.25) is 13.8 Å². The van der Waals surface area contributed by atoms with Gasteiger partial charge in [-0.15, -0.1) is 0 Å². The number of phosphoric ester groups is 1. The second-order valence-corrected chi connectivity index (χ2v) is 22.8. The number of likely N-dealkylation sites (N-methyl/N-ethyl adjacent to an activating group) is 1. The van der Waals surface area contributed by atoms with E-state index in [-0.39, 0.29) is 19.1 Å². The van der Waals surface area contributed by atoms with Gasteiger partial charge in [0.05, 0.1) is 39.9 Å². The van der Waals surface area contributed by atoms with Gasteiger partial charge in [0.15, 0.2) is 0 Å². The molecule has 72 heavy (non-hydrogen) atoms. The number of aliphatic hydroxyl groups excluding tert-OH is 1. The summed E-state index contributed by atoms with van der Waals surface area (Å²) in [6, 6.07) is -0.851. The van der Waals surface area contributed by atoms with Gasteiger partial charge in [0.2, 0.25) is 5.91 Å². The minimum Gasteiger partial charge on any atom is -0.387 e. The van der Waals surface area contributed by atoms with Gasteiger partial charge in [-0.05, 0) is 70.6 Å². The summed E-state index contributed by atoms with van der Waals surface area (Å²) in [5.74, 6) is -0.179. The van der Waals surface area contributed by atoms with Crippen molar-refractivity contribution in [3.05, 3.63) is 85.1 Å². The second-order valence-electron chi connectivity index (χ2n) is 21.3. The Hall–Kier alpha value is -2.32. The summed E-state index contributed by atoms with van der Waals surface area (Å²) < 4.78 is 23.7. The average molecular weight is 1030 g/mol. The topological polar surface area (TPSA) is 105 Å². The molecule has 0 saturated heterocycles. The van der Waals surface area contributed by atoms with Gasteiger partial charge in [0, 0.05) is 6.42 Å². The number of hydrogen-bond donors (Lipinski definition) is 3. The van der Waals surface area contributed by atoms with Crippen molar-refractivity contribution in [3.8, 4) is 0 Å². The fourth-order valence-corrected chi connectivity index (χ4v) is 9.19. The maximum absolute atomic E-state index is 13.0. The van der Waals surface area contributed by atoms with Crippen molar-refractivity contribution in [2.24, 2.45) is 0 Å². The molecule has 418 valence electrons. The zero-order valence-electron chi connectivity index (χ0n) is 47.7. The van der Waals surface area contributed by atoms with Crippen molar-refractivity contribution in [1.29, 1.82) is 0 Å². The predicted octanol–water partition coefficient (Wildman–Crippen LogP) is 18.4. The number of rotatable bonds is 54. The van der Waals surface area contributed by atoms with Crippen LogP contribution in [0.2, 0.25) is 0 Å². The molecule has 0 fully saturated rings. The minimum atomic E-state index is -4.35. The number of allylic oxidation sites excluding steroid dienone is 13. The smallest absolute Gasteiger partial charge is 0.387 e. The molecule has 9 heteroatoms. The summed E-state index contributed by atoms with van der Waals surface area (Å²) >= 11 is 0. The first kappa shape index (κ1) is 69.7. The standard InChI is InChI=1S/C63H115N2O6P/c1-6-8-10-12-14-16-18-20-22-24-25-26-27-28-29-30-31-32-33-34-35-36-37-38-39-41-43-45-47-49-51-53-55-57-63(67)64-61(60-71-72(68,69)70-59-58-65(3,4)5)62(66)56-54-52-50-48-46-44-42-40-23-21-19-17-15-13-11-9-7-2/h8,10,14,16,20,22,25-26,28-29,31-32,54,56,61-62,66H,6-7,9,11-13,15,17-19,21,23-24,27,30,33-53,55,57-60H2,1-5H3,(H-,64,67,68,69)/p+1/b10-8-,16-14-,22-20-,26-25-,29-28-,32-31-,56-54+. The highest BCUT2D eigenvalue weighted by atomic mass is 31.2. The molecule has 0 aliphatic heterocycles. The van der Waals surface area contributed by atoms with Crippen LogP contribution in [-0.4, -0.2) is 73.4 Å². The number of carbonyl (C=O) groups excluding carboxylic acids is 1. The van der Waals surface area contributed by atoms with E-state index in [0.717, 1.165) is 77.0 Å². The third kappa shape index (κ3) is 55.4. The molecule has 8 nitrogen and oxygen atoms in total. The van der Waals surface area contributed by atoms with Crippen LogP contribution < -0.4 is 5.32 Å². The van der Waals surface area contributed by atoms with Crippen molar-refractivity contribution < 1.29 is 32.9 Å². The van der Waals surface area contributed by atoms with E-state index in [9.17, 15) is 19.4 Å². The van der Waals surface area contributed by atoms with Crippen LogP contribution in [-0.2, 0) is 18.4 Å². The Morgan fingerprint density at radius 1 is 0.486 bits per heavy atom. The molecule has 0 radical (unpaired) electrons. The van der Waals surface area contributed by atoms with Crippen molar-refractivity contribution >= 4 is 13.7 Å². The molecule has 0 aromatic rings. The van der Waals surface area contributed by atoms with Gasteiger partial charge < -0.3 is 19.8 Å². The van der Waals surface area contributed by atoms with Gasteiger partial charge >= 0.3 is 7.82 Å². The third-order valence-electron chi connectivity index (χ3n) is 13.1. The van der Waals surface area contributed by atoms with E-state index in [2.05, 4.69) is 92.1 Å². The second kappa shape index (κ2) is 53.5. The normalized spacial score (nSPS) is 14.5. The first-order valence-corrected chi connectivity index (χ1v) is 31.5. The van der Waals surface area contributed by atoms with Crippen molar-refractivity contribution in [3.63, 3.8) is 0 Å². The molecule has 3 atom stereocenters. The van der Waals surface area contributed by atoms with Gasteiger partial charge in [-0.25, -0.2) is 4.57 Å². The Balaban J connectivity index is 4.12. The van der Waals surface area contributed by atoms with Crippen molar-refractivity contribution in [2.45, 2.75) is 270 Å². The molecule has 0 bridgehead atoms. The lowest BCUT2D eigenvalue weighted by Gasteiger charge is -2.25. The van der Waals surface area contributed by atoms with Crippen LogP contribution in [0.4, 0.5) is 0 Å². The van der Waals surface area contributed by atoms with Crippen LogP contribution in [0.3, 0.4) is 0 Å². The maximum Gasteiger partial charge on any atom is 0.472 e. The van der Waals surface area contributed by atoms with E-state index >= 15 is 0 Å². The quantitative estimate of drug-likeness (QED) is 0.0243. The van der Waals surface area contributed by atoms with E-state index in [0.29, 0.717) is 17.4 Å². The van der Waals surface area contributed by atoms with Gasteiger partial charge in [-0.2, -0.15) is 0 Å². The summed E-state index contributed by atoms with van der Waals surface area (Å²) in [4.78, 5) is 23.3. The first-order chi connectivity index (χ1) is 35.0. The van der Waals surface area contributed by atoms with Gasteiger partial charge in [-0.1, -0.05) is 266 Å². The minimum absolute atomic E-state index is 0.0593. The van der Waals surface area contributed by atoms with E-state index in [4.69, 9.17) is 9.05 Å². The molecule has 0 saturated carbocycles. The summed E-state index contributed by atoms with van der Waals surface area (Å²) in [7, 11) is 1.57. The monoisotopic (exact) mass is 1030 g/mol. The van der Waals surface area contributed by atoms with E-state index in [1.807, 2.05) is 27.2 Å². The largest absolute Gasteiger partial charge is 0.472 e. The van der Waals surface area contributed by atoms with Crippen LogP contribution in [0.25, 0.3) is 0 Å². The fourth-order valence-electron chi connectivity index (χ4n) is 8.46. The van der Waals surface area contributed by atoms with Gasteiger partial charge in [0.25, 0.3) is 0 Å². The molecule has 0 aromatic heterocycles. The maximum atomic E-state index is 13.0. The number of carbonyl (C=O) groups is 1. The fraction of sp³-hybridized carbons (Fsp3) is 0.762. The lowest BCUT2D eigenvalue weighted by atomic mass is 10.0. The summed E-state index contributed by atoms with van der Waals surface area (Å²) in [6.07, 6.45) is 75.4. The number of phosphoric acid groups is 1. The molecule has 3 unspecified atom stereocenters. The van der Waals surface area contributed by atoms with Crippen LogP contribution in [0.5, 0.6) is 0 Å². The average Bonchev–Trinajstić information content (AvgIpc) is 3.34. The van der Waals surface area contributed by atoms with Crippen LogP contribution in [0.15, 0.2) is 85.1 Å². The predicted molar refractivity (Wildman–Crippen MR) is 313 cm³/mol. The third-order valence-corrected chi connectivity index (χ3v) is 14.1. The van der Waals surface area contributed by atoms with Crippen LogP contribution >= 0.6 is 7.82 Å². The number of nitrogens with one attached hydrogen (secondary N) is 1. The number of amides is 1. The lowest BCUT2D eigenvalue weighted by Crippen LogP contribution is -2.45. The molecule has 0 aliphatic rings. The number of aliphatic hydroxyl groups is 1. The molecule has 0 spiro atoms. The summed E-state index contributed by atoms with van der Waals surface area (Å²) in [5, 5.41) is 13.9. The molecular weight excluding hydrogens is 912 g/mol. The zero-order chi connectivity index (χ0) is 52.7. The lowest BCUT2D eigenvalue weighted by molar-refractivity contribution is -0.870. The van der Waals surface area contributed by atoms with E-state index in [1.165, 1.54) is 161 Å². The Morgan fingerprint density at radius 2 is 0.833 bits per heavy atom. The molecule has 1 amide bonds.